The minimum absolute atomic E-state index is 0.0171. The number of carbonyl (C=O) groups excluding carboxylic acids is 1. The van der Waals surface area contributed by atoms with Gasteiger partial charge in [-0.25, -0.2) is 13.1 Å². The minimum Gasteiger partial charge on any atom is -0.495 e. The molecule has 1 aromatic carbocycles. The second kappa shape index (κ2) is 7.60. The van der Waals surface area contributed by atoms with Gasteiger partial charge in [0.05, 0.1) is 7.11 Å². The summed E-state index contributed by atoms with van der Waals surface area (Å²) in [4.78, 5) is 12.1. The molecule has 22 heavy (non-hydrogen) atoms. The average Bonchev–Trinajstić information content (AvgIpc) is 2.44. The van der Waals surface area contributed by atoms with E-state index >= 15 is 0 Å². The summed E-state index contributed by atoms with van der Waals surface area (Å²) in [5.74, 6) is -0.105. The molecule has 0 heterocycles. The van der Waals surface area contributed by atoms with Crippen LogP contribution in [0.15, 0.2) is 23.1 Å². The van der Waals surface area contributed by atoms with E-state index in [9.17, 15) is 13.2 Å². The number of carbonyl (C=O) groups is 1. The van der Waals surface area contributed by atoms with E-state index in [1.807, 2.05) is 13.8 Å². The number of hydrogen-bond acceptors (Lipinski definition) is 4. The third-order valence-corrected chi connectivity index (χ3v) is 4.78. The number of methoxy groups -OCH3 is 1. The molecule has 124 valence electrons. The molecule has 1 atom stereocenters. The van der Waals surface area contributed by atoms with E-state index in [1.54, 1.807) is 19.9 Å². The van der Waals surface area contributed by atoms with Crippen LogP contribution in [0.5, 0.6) is 5.75 Å². The third-order valence-electron chi connectivity index (χ3n) is 3.10. The number of sulfonamides is 1. The lowest BCUT2D eigenvalue weighted by atomic mass is 10.2. The fourth-order valence-corrected chi connectivity index (χ4v) is 3.26. The van der Waals surface area contributed by atoms with Crippen LogP contribution in [0.2, 0.25) is 0 Å². The highest BCUT2D eigenvalue weighted by molar-refractivity contribution is 7.89. The Hall–Kier alpha value is -1.60. The van der Waals surface area contributed by atoms with Crippen molar-refractivity contribution in [1.82, 2.24) is 10.0 Å². The van der Waals surface area contributed by atoms with Crippen molar-refractivity contribution < 1.29 is 17.9 Å². The van der Waals surface area contributed by atoms with Crippen LogP contribution >= 0.6 is 0 Å². The molecule has 0 bridgehead atoms. The van der Waals surface area contributed by atoms with Crippen LogP contribution in [-0.4, -0.2) is 33.5 Å². The second-order valence-electron chi connectivity index (χ2n) is 5.42. The van der Waals surface area contributed by atoms with E-state index in [4.69, 9.17) is 4.74 Å². The molecule has 2 N–H and O–H groups in total. The van der Waals surface area contributed by atoms with Crippen molar-refractivity contribution in [3.8, 4) is 5.75 Å². The Morgan fingerprint density at radius 3 is 2.41 bits per heavy atom. The van der Waals surface area contributed by atoms with Crippen molar-refractivity contribution in [2.24, 2.45) is 0 Å². The maximum Gasteiger partial charge on any atom is 0.251 e. The Morgan fingerprint density at radius 1 is 1.27 bits per heavy atom. The molecule has 0 aliphatic rings. The first-order valence-electron chi connectivity index (χ1n) is 7.22. The minimum atomic E-state index is -3.75. The van der Waals surface area contributed by atoms with Gasteiger partial charge in [0.1, 0.15) is 10.6 Å². The van der Waals surface area contributed by atoms with Crippen LogP contribution < -0.4 is 14.8 Å². The fraction of sp³-hybridized carbons (Fsp3) is 0.533. The summed E-state index contributed by atoms with van der Waals surface area (Å²) in [5.41, 5.74) is 0.283. The van der Waals surface area contributed by atoms with Gasteiger partial charge in [0.2, 0.25) is 10.0 Å². The smallest absolute Gasteiger partial charge is 0.251 e. The molecular formula is C15H24N2O4S. The fourth-order valence-electron chi connectivity index (χ4n) is 1.81. The standard InChI is InChI=1S/C15H24N2O4S/c1-6-11(4)16-15(18)12-7-8-13(21-5)14(9-12)22(19,20)17-10(2)3/h7-11,17H,6H2,1-5H3,(H,16,18)/t11-/m0/s1. The monoisotopic (exact) mass is 328 g/mol. The number of amides is 1. The average molecular weight is 328 g/mol. The highest BCUT2D eigenvalue weighted by Gasteiger charge is 2.22. The number of ether oxygens (including phenoxy) is 1. The van der Waals surface area contributed by atoms with Gasteiger partial charge in [0.15, 0.2) is 0 Å². The van der Waals surface area contributed by atoms with Crippen molar-refractivity contribution in [2.75, 3.05) is 7.11 Å². The van der Waals surface area contributed by atoms with Crippen molar-refractivity contribution in [1.29, 1.82) is 0 Å². The first-order valence-corrected chi connectivity index (χ1v) is 8.70. The van der Waals surface area contributed by atoms with Gasteiger partial charge in [-0.1, -0.05) is 6.92 Å². The van der Waals surface area contributed by atoms with Crippen LogP contribution in [0.1, 0.15) is 44.5 Å². The van der Waals surface area contributed by atoms with Crippen LogP contribution in [0.25, 0.3) is 0 Å². The Bertz CT molecular complexity index is 626. The maximum atomic E-state index is 12.4. The van der Waals surface area contributed by atoms with Crippen LogP contribution in [0.3, 0.4) is 0 Å². The van der Waals surface area contributed by atoms with Gasteiger partial charge in [-0.05, 0) is 45.4 Å². The van der Waals surface area contributed by atoms with Crippen molar-refractivity contribution in [3.05, 3.63) is 23.8 Å². The van der Waals surface area contributed by atoms with Gasteiger partial charge in [-0.3, -0.25) is 4.79 Å². The van der Waals surface area contributed by atoms with Gasteiger partial charge in [0.25, 0.3) is 5.91 Å². The lowest BCUT2D eigenvalue weighted by Crippen LogP contribution is -2.33. The molecule has 1 aromatic rings. The van der Waals surface area contributed by atoms with E-state index < -0.39 is 10.0 Å². The Morgan fingerprint density at radius 2 is 1.91 bits per heavy atom. The predicted octanol–water partition coefficient (Wildman–Crippen LogP) is 1.91. The molecule has 0 aliphatic carbocycles. The first-order chi connectivity index (χ1) is 10.2. The normalized spacial score (nSPS) is 13.0. The molecule has 0 spiro atoms. The van der Waals surface area contributed by atoms with Gasteiger partial charge >= 0.3 is 0 Å². The molecule has 1 amide bonds. The molecule has 6 nitrogen and oxygen atoms in total. The van der Waals surface area contributed by atoms with E-state index in [1.165, 1.54) is 19.2 Å². The summed E-state index contributed by atoms with van der Waals surface area (Å²) in [7, 11) is -2.36. The van der Waals surface area contributed by atoms with E-state index in [0.29, 0.717) is 0 Å². The van der Waals surface area contributed by atoms with Gasteiger partial charge in [-0.2, -0.15) is 0 Å². The molecule has 0 aromatic heterocycles. The number of benzene rings is 1. The first kappa shape index (κ1) is 18.4. The van der Waals surface area contributed by atoms with Crippen molar-refractivity contribution in [2.45, 2.75) is 51.1 Å². The predicted molar refractivity (Wildman–Crippen MR) is 85.7 cm³/mol. The highest BCUT2D eigenvalue weighted by atomic mass is 32.2. The van der Waals surface area contributed by atoms with Gasteiger partial charge in [-0.15, -0.1) is 0 Å². The van der Waals surface area contributed by atoms with E-state index in [0.717, 1.165) is 6.42 Å². The molecule has 0 unspecified atom stereocenters. The Balaban J connectivity index is 3.22. The maximum absolute atomic E-state index is 12.4. The van der Waals surface area contributed by atoms with Crippen LogP contribution in [0, 0.1) is 0 Å². The number of nitrogens with one attached hydrogen (secondary N) is 2. The van der Waals surface area contributed by atoms with Crippen LogP contribution in [0.4, 0.5) is 0 Å². The molecule has 0 radical (unpaired) electrons. The SMILES string of the molecule is CC[C@H](C)NC(=O)c1ccc(OC)c(S(=O)(=O)NC(C)C)c1. The van der Waals surface area contributed by atoms with Crippen molar-refractivity contribution >= 4 is 15.9 Å². The largest absolute Gasteiger partial charge is 0.495 e. The molecule has 0 saturated heterocycles. The van der Waals surface area contributed by atoms with Gasteiger partial charge in [0, 0.05) is 17.6 Å². The topological polar surface area (TPSA) is 84.5 Å². The zero-order valence-corrected chi connectivity index (χ0v) is 14.5. The summed E-state index contributed by atoms with van der Waals surface area (Å²) < 4.78 is 32.3. The van der Waals surface area contributed by atoms with Crippen molar-refractivity contribution in [3.63, 3.8) is 0 Å². The van der Waals surface area contributed by atoms with Crippen LogP contribution in [-0.2, 0) is 10.0 Å². The number of hydrogen-bond donors (Lipinski definition) is 2. The molecule has 1 rings (SSSR count). The molecule has 0 fully saturated rings. The molecule has 0 saturated carbocycles. The number of rotatable bonds is 7. The van der Waals surface area contributed by atoms with Gasteiger partial charge < -0.3 is 10.1 Å². The Kier molecular flexibility index (Phi) is 6.37. The molecular weight excluding hydrogens is 304 g/mol. The molecule has 0 aliphatic heterocycles. The zero-order valence-electron chi connectivity index (χ0n) is 13.6. The summed E-state index contributed by atoms with van der Waals surface area (Å²) in [6.45, 7) is 7.30. The second-order valence-corrected chi connectivity index (χ2v) is 7.11. The summed E-state index contributed by atoms with van der Waals surface area (Å²) >= 11 is 0. The Labute approximate surface area is 132 Å². The van der Waals surface area contributed by atoms with E-state index in [2.05, 4.69) is 10.0 Å². The summed E-state index contributed by atoms with van der Waals surface area (Å²) in [6, 6.07) is 4.13. The highest BCUT2D eigenvalue weighted by Crippen LogP contribution is 2.25. The molecule has 7 heteroatoms. The third kappa shape index (κ3) is 4.71. The summed E-state index contributed by atoms with van der Waals surface area (Å²) in [6.07, 6.45) is 0.794. The van der Waals surface area contributed by atoms with E-state index in [-0.39, 0.29) is 34.2 Å². The summed E-state index contributed by atoms with van der Waals surface area (Å²) in [5, 5.41) is 2.81. The quantitative estimate of drug-likeness (QED) is 0.801. The lowest BCUT2D eigenvalue weighted by Gasteiger charge is -2.15. The zero-order chi connectivity index (χ0) is 16.9. The lowest BCUT2D eigenvalue weighted by molar-refractivity contribution is 0.0939.